The highest BCUT2D eigenvalue weighted by atomic mass is 15.3. The molecule has 8 heteroatoms. The summed E-state index contributed by atoms with van der Waals surface area (Å²) in [5.74, 6) is 1.56. The van der Waals surface area contributed by atoms with E-state index in [4.69, 9.17) is 11.0 Å². The number of nitrogens with two attached hydrogens (primary N) is 1. The Morgan fingerprint density at radius 1 is 1.00 bits per heavy atom. The molecule has 27 heavy (non-hydrogen) atoms. The van der Waals surface area contributed by atoms with Gasteiger partial charge in [-0.15, -0.1) is 0 Å². The molecule has 0 aliphatic rings. The van der Waals surface area contributed by atoms with E-state index in [2.05, 4.69) is 31.4 Å². The maximum atomic E-state index is 9.17. The van der Waals surface area contributed by atoms with Gasteiger partial charge in [0.25, 0.3) is 0 Å². The minimum atomic E-state index is 0.377. The van der Waals surface area contributed by atoms with E-state index < -0.39 is 0 Å². The maximum absolute atomic E-state index is 9.17. The number of benzene rings is 1. The molecule has 4 rings (SSSR count). The number of anilines is 3. The third-order valence-electron chi connectivity index (χ3n) is 4.23. The van der Waals surface area contributed by atoms with E-state index >= 15 is 0 Å². The van der Waals surface area contributed by atoms with Gasteiger partial charge in [0, 0.05) is 23.7 Å². The quantitative estimate of drug-likeness (QED) is 0.579. The second-order valence-corrected chi connectivity index (χ2v) is 6.21. The number of nitrogens with one attached hydrogen (secondary N) is 1. The lowest BCUT2D eigenvalue weighted by Gasteiger charge is -2.12. The molecule has 3 N–H and O–H groups in total. The van der Waals surface area contributed by atoms with Crippen molar-refractivity contribution >= 4 is 28.4 Å². The minimum absolute atomic E-state index is 0.377. The van der Waals surface area contributed by atoms with Gasteiger partial charge >= 0.3 is 0 Å². The number of hydrogen-bond donors (Lipinski definition) is 2. The van der Waals surface area contributed by atoms with Gasteiger partial charge in [0.05, 0.1) is 29.0 Å². The number of nitrogens with zero attached hydrogens (tertiary/aromatic N) is 6. The molecule has 1 aromatic carbocycles. The fraction of sp³-hybridized carbons (Fsp3) is 0.105. The molecule has 0 spiro atoms. The normalized spacial score (nSPS) is 10.7. The first-order valence-electron chi connectivity index (χ1n) is 8.25. The van der Waals surface area contributed by atoms with Crippen LogP contribution in [0.2, 0.25) is 0 Å². The Kier molecular flexibility index (Phi) is 3.90. The minimum Gasteiger partial charge on any atom is -0.384 e. The van der Waals surface area contributed by atoms with Gasteiger partial charge in [0.2, 0.25) is 0 Å². The summed E-state index contributed by atoms with van der Waals surface area (Å²) >= 11 is 0. The Morgan fingerprint density at radius 3 is 2.44 bits per heavy atom. The zero-order valence-electron chi connectivity index (χ0n) is 14.8. The molecule has 0 fully saturated rings. The van der Waals surface area contributed by atoms with E-state index in [1.807, 2.05) is 36.7 Å². The molecule has 132 valence electrons. The Bertz CT molecular complexity index is 1180. The number of hydrogen-bond acceptors (Lipinski definition) is 7. The molecule has 0 saturated heterocycles. The van der Waals surface area contributed by atoms with Crippen LogP contribution in [-0.4, -0.2) is 24.7 Å². The largest absolute Gasteiger partial charge is 0.384 e. The summed E-state index contributed by atoms with van der Waals surface area (Å²) in [6.45, 7) is 3.95. The van der Waals surface area contributed by atoms with Crippen LogP contribution in [0.15, 0.2) is 43.0 Å². The van der Waals surface area contributed by atoms with Crippen molar-refractivity contribution in [3.05, 3.63) is 59.7 Å². The summed E-state index contributed by atoms with van der Waals surface area (Å²) in [6, 6.07) is 9.45. The first-order valence-corrected chi connectivity index (χ1v) is 8.25. The van der Waals surface area contributed by atoms with E-state index in [-0.39, 0.29) is 0 Å². The second-order valence-electron chi connectivity index (χ2n) is 6.21. The number of fused-ring (bicyclic) bond motifs is 1. The third kappa shape index (κ3) is 3.02. The lowest BCUT2D eigenvalue weighted by Crippen LogP contribution is -2.03. The smallest absolute Gasteiger partial charge is 0.137 e. The van der Waals surface area contributed by atoms with Crippen LogP contribution in [0.4, 0.5) is 17.5 Å². The van der Waals surface area contributed by atoms with Crippen molar-refractivity contribution in [2.45, 2.75) is 13.8 Å². The first kappa shape index (κ1) is 16.5. The highest BCUT2D eigenvalue weighted by Crippen LogP contribution is 2.26. The second kappa shape index (κ2) is 6.38. The van der Waals surface area contributed by atoms with Crippen LogP contribution in [0.25, 0.3) is 16.6 Å². The fourth-order valence-corrected chi connectivity index (χ4v) is 3.09. The molecule has 0 saturated carbocycles. The number of nitriles is 1. The average molecular weight is 356 g/mol. The molecular formula is C19H16N8. The maximum Gasteiger partial charge on any atom is 0.137 e. The van der Waals surface area contributed by atoms with E-state index in [1.54, 1.807) is 18.5 Å². The number of nitrogen functional groups attached to an aromatic ring is 1. The van der Waals surface area contributed by atoms with Crippen molar-refractivity contribution < 1.29 is 0 Å². The summed E-state index contributed by atoms with van der Waals surface area (Å²) < 4.78 is 1.86. The standard InChI is InChI=1S/C19H16N8/c1-11-3-13(7-20)4-12(2)19(11)27-15-5-17(22-8-14(15)9-25-27)26-18-6-16(21)23-10-24-18/h3-6,8-10H,1-2H3,(H3,21,22,23,24,26). The van der Waals surface area contributed by atoms with Crippen LogP contribution in [0.1, 0.15) is 16.7 Å². The number of aryl methyl sites for hydroxylation is 2. The zero-order chi connectivity index (χ0) is 19.0. The molecule has 0 radical (unpaired) electrons. The summed E-state index contributed by atoms with van der Waals surface area (Å²) in [5.41, 5.74) is 10.1. The van der Waals surface area contributed by atoms with Crippen LogP contribution in [0.5, 0.6) is 0 Å². The predicted molar refractivity (Wildman–Crippen MR) is 103 cm³/mol. The molecule has 0 bridgehead atoms. The Hall–Kier alpha value is -3.99. The van der Waals surface area contributed by atoms with Crippen LogP contribution in [0.3, 0.4) is 0 Å². The van der Waals surface area contributed by atoms with Crippen molar-refractivity contribution in [2.75, 3.05) is 11.1 Å². The molecule has 0 amide bonds. The van der Waals surface area contributed by atoms with E-state index in [1.165, 1.54) is 6.33 Å². The molecule has 0 atom stereocenters. The van der Waals surface area contributed by atoms with Crippen molar-refractivity contribution in [3.63, 3.8) is 0 Å². The van der Waals surface area contributed by atoms with Gasteiger partial charge < -0.3 is 11.1 Å². The molecule has 4 aromatic rings. The van der Waals surface area contributed by atoms with Crippen LogP contribution in [-0.2, 0) is 0 Å². The number of aromatic nitrogens is 5. The lowest BCUT2D eigenvalue weighted by atomic mass is 10.0. The van der Waals surface area contributed by atoms with Crippen LogP contribution in [0, 0.1) is 25.2 Å². The Morgan fingerprint density at radius 2 is 1.74 bits per heavy atom. The van der Waals surface area contributed by atoms with Gasteiger partial charge in [0.1, 0.15) is 23.8 Å². The van der Waals surface area contributed by atoms with E-state index in [0.29, 0.717) is 23.0 Å². The zero-order valence-corrected chi connectivity index (χ0v) is 14.8. The molecule has 0 unspecified atom stereocenters. The SMILES string of the molecule is Cc1cc(C#N)cc(C)c1-n1ncc2cnc(Nc3cc(N)ncn3)cc21. The van der Waals surface area contributed by atoms with Gasteiger partial charge in [0.15, 0.2) is 0 Å². The summed E-state index contributed by atoms with van der Waals surface area (Å²) in [5, 5.41) is 17.7. The molecular weight excluding hydrogens is 340 g/mol. The van der Waals surface area contributed by atoms with E-state index in [0.717, 1.165) is 27.7 Å². The summed E-state index contributed by atoms with van der Waals surface area (Å²) in [4.78, 5) is 12.4. The third-order valence-corrected chi connectivity index (χ3v) is 4.23. The Labute approximate surface area is 155 Å². The predicted octanol–water partition coefficient (Wildman–Crippen LogP) is 3.02. The average Bonchev–Trinajstić information content (AvgIpc) is 3.04. The summed E-state index contributed by atoms with van der Waals surface area (Å²) in [7, 11) is 0. The van der Waals surface area contributed by atoms with Gasteiger partial charge in [-0.1, -0.05) is 0 Å². The van der Waals surface area contributed by atoms with E-state index in [9.17, 15) is 0 Å². The highest BCUT2D eigenvalue weighted by Gasteiger charge is 2.13. The van der Waals surface area contributed by atoms with Crippen LogP contribution >= 0.6 is 0 Å². The summed E-state index contributed by atoms with van der Waals surface area (Å²) in [6.07, 6.45) is 4.91. The number of pyridine rings is 1. The monoisotopic (exact) mass is 356 g/mol. The molecule has 0 aliphatic heterocycles. The molecule has 3 aromatic heterocycles. The topological polar surface area (TPSA) is 118 Å². The van der Waals surface area contributed by atoms with Crippen LogP contribution < -0.4 is 11.1 Å². The van der Waals surface area contributed by atoms with Gasteiger partial charge in [-0.3, -0.25) is 0 Å². The van der Waals surface area contributed by atoms with Crippen molar-refractivity contribution in [1.29, 1.82) is 5.26 Å². The molecule has 0 aliphatic carbocycles. The molecule has 3 heterocycles. The van der Waals surface area contributed by atoms with Crippen molar-refractivity contribution in [1.82, 2.24) is 24.7 Å². The van der Waals surface area contributed by atoms with Crippen molar-refractivity contribution in [3.8, 4) is 11.8 Å². The van der Waals surface area contributed by atoms with Gasteiger partial charge in [-0.05, 0) is 37.1 Å². The lowest BCUT2D eigenvalue weighted by molar-refractivity contribution is 0.893. The van der Waals surface area contributed by atoms with Crippen molar-refractivity contribution in [2.24, 2.45) is 0 Å². The Balaban J connectivity index is 1.81. The fourth-order valence-electron chi connectivity index (χ4n) is 3.09. The molecule has 8 nitrogen and oxygen atoms in total. The van der Waals surface area contributed by atoms with Gasteiger partial charge in [-0.2, -0.15) is 10.4 Å². The number of rotatable bonds is 3. The first-order chi connectivity index (χ1) is 13.0. The highest BCUT2D eigenvalue weighted by molar-refractivity contribution is 5.83. The van der Waals surface area contributed by atoms with Gasteiger partial charge in [-0.25, -0.2) is 19.6 Å².